The molecule has 5 nitrogen and oxygen atoms in total. The second-order valence-corrected chi connectivity index (χ2v) is 8.32. The van der Waals surface area contributed by atoms with Crippen molar-refractivity contribution in [2.75, 3.05) is 0 Å². The predicted octanol–water partition coefficient (Wildman–Crippen LogP) is 5.46. The maximum atomic E-state index is 12.9. The van der Waals surface area contributed by atoms with E-state index in [9.17, 15) is 9.59 Å². The summed E-state index contributed by atoms with van der Waals surface area (Å²) in [4.78, 5) is 26.6. The van der Waals surface area contributed by atoms with Gasteiger partial charge < -0.3 is 9.88 Å². The first-order valence-electron chi connectivity index (χ1n) is 10.1. The highest BCUT2D eigenvalue weighted by Gasteiger charge is 2.33. The number of halogens is 1. The molecule has 0 bridgehead atoms. The van der Waals surface area contributed by atoms with Crippen molar-refractivity contribution in [3.63, 3.8) is 0 Å². The van der Waals surface area contributed by atoms with Crippen LogP contribution in [0.4, 0.5) is 4.79 Å². The van der Waals surface area contributed by atoms with Crippen LogP contribution in [-0.4, -0.2) is 21.4 Å². The second kappa shape index (κ2) is 8.08. The Morgan fingerprint density at radius 2 is 1.71 bits per heavy atom. The first kappa shape index (κ1) is 20.9. The summed E-state index contributed by atoms with van der Waals surface area (Å²) in [7, 11) is 0. The minimum atomic E-state index is -0.422. The summed E-state index contributed by atoms with van der Waals surface area (Å²) in [5.74, 6) is -0.337. The Balaban J connectivity index is 1.65. The fourth-order valence-corrected chi connectivity index (χ4v) is 4.05. The normalized spacial score (nSPS) is 15.1. The highest BCUT2D eigenvalue weighted by molar-refractivity contribution is 6.30. The zero-order valence-electron chi connectivity index (χ0n) is 18.0. The van der Waals surface area contributed by atoms with E-state index in [1.807, 2.05) is 38.1 Å². The number of hydrogen-bond acceptors (Lipinski definition) is 2. The molecule has 0 saturated carbocycles. The van der Waals surface area contributed by atoms with Gasteiger partial charge in [0.2, 0.25) is 0 Å². The van der Waals surface area contributed by atoms with E-state index >= 15 is 0 Å². The van der Waals surface area contributed by atoms with Gasteiger partial charge in [-0.05, 0) is 80.3 Å². The minimum absolute atomic E-state index is 0.195. The van der Waals surface area contributed by atoms with Crippen LogP contribution in [0.5, 0.6) is 0 Å². The highest BCUT2D eigenvalue weighted by atomic mass is 35.5. The molecule has 158 valence electrons. The summed E-state index contributed by atoms with van der Waals surface area (Å²) in [6.45, 7) is 8.46. The Hall–Kier alpha value is -3.31. The maximum Gasteiger partial charge on any atom is 0.329 e. The van der Waals surface area contributed by atoms with Crippen molar-refractivity contribution in [1.82, 2.24) is 14.8 Å². The van der Waals surface area contributed by atoms with Gasteiger partial charge in [-0.1, -0.05) is 35.9 Å². The van der Waals surface area contributed by atoms with E-state index in [2.05, 4.69) is 35.9 Å². The van der Waals surface area contributed by atoms with Gasteiger partial charge in [-0.2, -0.15) is 0 Å². The number of nitrogens with zero attached hydrogens (tertiary/aromatic N) is 2. The zero-order valence-corrected chi connectivity index (χ0v) is 18.7. The van der Waals surface area contributed by atoms with Crippen LogP contribution in [-0.2, 0) is 11.3 Å². The van der Waals surface area contributed by atoms with Crippen LogP contribution in [0.15, 0.2) is 54.2 Å². The molecule has 0 spiro atoms. The van der Waals surface area contributed by atoms with Gasteiger partial charge >= 0.3 is 6.03 Å². The standard InChI is InChI=1S/C25H24ClN3O2/c1-15-6-5-7-23(17(15)3)29-16(2)12-20(18(29)4)13-22-24(30)28(25(31)27-22)14-19-8-10-21(26)11-9-19/h5-13H,14H2,1-4H3,(H,27,31)/b22-13-. The molecule has 1 aliphatic rings. The number of hydrogen-bond donors (Lipinski definition) is 1. The molecular weight excluding hydrogens is 410 g/mol. The topological polar surface area (TPSA) is 54.3 Å². The number of aryl methyl sites for hydroxylation is 2. The number of amides is 3. The molecule has 1 aliphatic heterocycles. The van der Waals surface area contributed by atoms with Crippen molar-refractivity contribution in [3.05, 3.63) is 92.9 Å². The molecule has 1 fully saturated rings. The summed E-state index contributed by atoms with van der Waals surface area (Å²) in [6, 6.07) is 14.9. The lowest BCUT2D eigenvalue weighted by atomic mass is 10.1. The van der Waals surface area contributed by atoms with Crippen LogP contribution in [0, 0.1) is 27.7 Å². The van der Waals surface area contributed by atoms with Crippen LogP contribution in [0.1, 0.15) is 33.6 Å². The molecule has 2 heterocycles. The van der Waals surface area contributed by atoms with Gasteiger partial charge in [0.15, 0.2) is 0 Å². The van der Waals surface area contributed by atoms with E-state index in [1.165, 1.54) is 16.0 Å². The molecular formula is C25H24ClN3O2. The van der Waals surface area contributed by atoms with E-state index in [0.29, 0.717) is 5.02 Å². The average Bonchev–Trinajstić information content (AvgIpc) is 3.15. The summed E-state index contributed by atoms with van der Waals surface area (Å²) in [5, 5.41) is 3.33. The molecule has 0 radical (unpaired) electrons. The Labute approximate surface area is 186 Å². The Morgan fingerprint density at radius 3 is 2.42 bits per heavy atom. The van der Waals surface area contributed by atoms with Crippen molar-refractivity contribution in [1.29, 1.82) is 0 Å². The lowest BCUT2D eigenvalue weighted by Gasteiger charge is -2.14. The Kier molecular flexibility index (Phi) is 5.46. The van der Waals surface area contributed by atoms with Gasteiger partial charge in [0.1, 0.15) is 5.70 Å². The lowest BCUT2D eigenvalue weighted by Crippen LogP contribution is -2.30. The molecule has 1 N–H and O–H groups in total. The van der Waals surface area contributed by atoms with Crippen LogP contribution < -0.4 is 5.32 Å². The first-order valence-corrected chi connectivity index (χ1v) is 10.5. The number of carbonyl (C=O) groups excluding carboxylic acids is 2. The van der Waals surface area contributed by atoms with Crippen molar-refractivity contribution in [2.45, 2.75) is 34.2 Å². The molecule has 2 aromatic carbocycles. The summed E-state index contributed by atoms with van der Waals surface area (Å²) in [5.41, 5.74) is 7.64. The van der Waals surface area contributed by atoms with Crippen LogP contribution in [0.25, 0.3) is 11.8 Å². The minimum Gasteiger partial charge on any atom is -0.318 e. The Bertz CT molecular complexity index is 1220. The van der Waals surface area contributed by atoms with E-state index < -0.39 is 6.03 Å². The van der Waals surface area contributed by atoms with Gasteiger partial charge in [-0.15, -0.1) is 0 Å². The predicted molar refractivity (Wildman–Crippen MR) is 123 cm³/mol. The average molecular weight is 434 g/mol. The lowest BCUT2D eigenvalue weighted by molar-refractivity contribution is -0.123. The number of aromatic nitrogens is 1. The quantitative estimate of drug-likeness (QED) is 0.439. The smallest absolute Gasteiger partial charge is 0.318 e. The molecule has 1 aromatic heterocycles. The summed E-state index contributed by atoms with van der Waals surface area (Å²) in [6.07, 6.45) is 1.76. The summed E-state index contributed by atoms with van der Waals surface area (Å²) >= 11 is 5.92. The number of carbonyl (C=O) groups is 2. The molecule has 3 aromatic rings. The number of urea groups is 1. The third-order valence-corrected chi connectivity index (χ3v) is 6.06. The monoisotopic (exact) mass is 433 g/mol. The first-order chi connectivity index (χ1) is 14.8. The molecule has 31 heavy (non-hydrogen) atoms. The van der Waals surface area contributed by atoms with Gasteiger partial charge in [0, 0.05) is 22.1 Å². The maximum absolute atomic E-state index is 12.9. The number of rotatable bonds is 4. The zero-order chi connectivity index (χ0) is 22.3. The van der Waals surface area contributed by atoms with Gasteiger partial charge in [0.05, 0.1) is 6.54 Å². The van der Waals surface area contributed by atoms with E-state index in [1.54, 1.807) is 18.2 Å². The van der Waals surface area contributed by atoms with E-state index in [4.69, 9.17) is 11.6 Å². The largest absolute Gasteiger partial charge is 0.329 e. The number of imide groups is 1. The van der Waals surface area contributed by atoms with Gasteiger partial charge in [0.25, 0.3) is 5.91 Å². The molecule has 6 heteroatoms. The second-order valence-electron chi connectivity index (χ2n) is 7.89. The van der Waals surface area contributed by atoms with Crippen LogP contribution >= 0.6 is 11.6 Å². The SMILES string of the molecule is Cc1cccc(-n2c(C)cc(/C=C3\NC(=O)N(Cc4ccc(Cl)cc4)C3=O)c2C)c1C. The molecule has 3 amide bonds. The third kappa shape index (κ3) is 3.89. The van der Waals surface area contributed by atoms with E-state index in [-0.39, 0.29) is 18.1 Å². The van der Waals surface area contributed by atoms with Gasteiger partial charge in [-0.3, -0.25) is 9.69 Å². The fourth-order valence-electron chi connectivity index (χ4n) is 3.93. The van der Waals surface area contributed by atoms with Crippen molar-refractivity contribution < 1.29 is 9.59 Å². The van der Waals surface area contributed by atoms with Crippen molar-refractivity contribution >= 4 is 29.6 Å². The molecule has 1 saturated heterocycles. The van der Waals surface area contributed by atoms with Crippen LogP contribution in [0.2, 0.25) is 5.02 Å². The third-order valence-electron chi connectivity index (χ3n) is 5.80. The fraction of sp³-hybridized carbons (Fsp3) is 0.200. The molecule has 0 unspecified atom stereocenters. The van der Waals surface area contributed by atoms with Crippen molar-refractivity contribution in [3.8, 4) is 5.69 Å². The highest BCUT2D eigenvalue weighted by Crippen LogP contribution is 2.27. The molecule has 4 rings (SSSR count). The summed E-state index contributed by atoms with van der Waals surface area (Å²) < 4.78 is 2.18. The van der Waals surface area contributed by atoms with E-state index in [0.717, 1.165) is 28.2 Å². The van der Waals surface area contributed by atoms with Crippen LogP contribution in [0.3, 0.4) is 0 Å². The molecule has 0 atom stereocenters. The number of benzene rings is 2. The Morgan fingerprint density at radius 1 is 1.00 bits per heavy atom. The molecule has 0 aliphatic carbocycles. The van der Waals surface area contributed by atoms with Crippen molar-refractivity contribution in [2.24, 2.45) is 0 Å². The number of nitrogens with one attached hydrogen (secondary N) is 1. The van der Waals surface area contributed by atoms with Gasteiger partial charge in [-0.25, -0.2) is 4.79 Å².